The largest absolute Gasteiger partial charge is 0.481 e. The average Bonchev–Trinajstić information content (AvgIpc) is 2.14. The normalized spacial score (nSPS) is 11.3. The summed E-state index contributed by atoms with van der Waals surface area (Å²) >= 11 is 0. The van der Waals surface area contributed by atoms with E-state index in [1.54, 1.807) is 6.07 Å². The maximum Gasteiger partial charge on any atom is 0.303 e. The second-order valence-corrected chi connectivity index (χ2v) is 4.65. The molecule has 0 bridgehead atoms. The first-order valence-corrected chi connectivity index (χ1v) is 5.78. The molecule has 0 aliphatic carbocycles. The number of carbonyl (C=O) groups is 1. The minimum absolute atomic E-state index is 0.00499. The van der Waals surface area contributed by atoms with Crippen LogP contribution in [0, 0.1) is 0 Å². The molecule has 0 atom stereocenters. The lowest BCUT2D eigenvalue weighted by Crippen LogP contribution is -2.12. The zero-order valence-corrected chi connectivity index (χ0v) is 8.70. The summed E-state index contributed by atoms with van der Waals surface area (Å²) in [5, 5.41) is 13.4. The number of benzene rings is 1. The van der Waals surface area contributed by atoms with Crippen LogP contribution < -0.4 is 5.14 Å². The highest BCUT2D eigenvalue weighted by molar-refractivity contribution is 7.89. The Morgan fingerprint density at radius 1 is 1.40 bits per heavy atom. The predicted molar refractivity (Wildman–Crippen MR) is 53.8 cm³/mol. The Kier molecular flexibility index (Phi) is 3.43. The minimum atomic E-state index is -3.71. The van der Waals surface area contributed by atoms with Crippen molar-refractivity contribution in [3.8, 4) is 0 Å². The lowest BCUT2D eigenvalue weighted by atomic mass is 10.1. The molecule has 6 heteroatoms. The van der Waals surface area contributed by atoms with E-state index in [1.165, 1.54) is 18.2 Å². The molecule has 0 radical (unpaired) electrons. The van der Waals surface area contributed by atoms with E-state index in [4.69, 9.17) is 10.2 Å². The molecule has 0 aliphatic rings. The number of rotatable bonds is 4. The molecule has 0 fully saturated rings. The van der Waals surface area contributed by atoms with Crippen molar-refractivity contribution < 1.29 is 18.3 Å². The van der Waals surface area contributed by atoms with Gasteiger partial charge in [-0.15, -0.1) is 0 Å². The zero-order valence-electron chi connectivity index (χ0n) is 7.88. The number of primary sulfonamides is 1. The third kappa shape index (κ3) is 3.69. The first-order chi connectivity index (χ1) is 6.89. The SMILES string of the molecule is NS(=O)(=O)c1cccc(CCC(=O)O)c1. The maximum absolute atomic E-state index is 11.0. The zero-order chi connectivity index (χ0) is 11.5. The van der Waals surface area contributed by atoms with Gasteiger partial charge in [0.05, 0.1) is 4.90 Å². The van der Waals surface area contributed by atoms with E-state index in [1.807, 2.05) is 0 Å². The van der Waals surface area contributed by atoms with E-state index in [9.17, 15) is 13.2 Å². The Labute approximate surface area is 87.6 Å². The van der Waals surface area contributed by atoms with E-state index < -0.39 is 16.0 Å². The second kappa shape index (κ2) is 4.41. The fourth-order valence-electron chi connectivity index (χ4n) is 1.13. The standard InChI is InChI=1S/C9H11NO4S/c10-15(13,14)8-3-1-2-7(6-8)4-5-9(11)12/h1-3,6H,4-5H2,(H,11,12)(H2,10,13,14). The van der Waals surface area contributed by atoms with Crippen LogP contribution in [0.15, 0.2) is 29.2 Å². The molecular formula is C9H11NO4S. The van der Waals surface area contributed by atoms with Gasteiger partial charge in [-0.25, -0.2) is 13.6 Å². The molecule has 0 aliphatic heterocycles. The number of nitrogens with two attached hydrogens (primary N) is 1. The maximum atomic E-state index is 11.0. The molecule has 0 heterocycles. The van der Waals surface area contributed by atoms with Gasteiger partial charge < -0.3 is 5.11 Å². The summed E-state index contributed by atoms with van der Waals surface area (Å²) in [5.41, 5.74) is 0.643. The number of sulfonamides is 1. The van der Waals surface area contributed by atoms with Crippen molar-refractivity contribution in [3.05, 3.63) is 29.8 Å². The van der Waals surface area contributed by atoms with E-state index >= 15 is 0 Å². The molecule has 0 amide bonds. The topological polar surface area (TPSA) is 97.5 Å². The number of carboxylic acids is 1. The Bertz CT molecular complexity index is 467. The molecule has 0 saturated carbocycles. The van der Waals surface area contributed by atoms with Gasteiger partial charge in [-0.05, 0) is 24.1 Å². The van der Waals surface area contributed by atoms with Crippen molar-refractivity contribution >= 4 is 16.0 Å². The monoisotopic (exact) mass is 229 g/mol. The Morgan fingerprint density at radius 3 is 2.60 bits per heavy atom. The molecule has 15 heavy (non-hydrogen) atoms. The molecule has 0 spiro atoms. The molecular weight excluding hydrogens is 218 g/mol. The lowest BCUT2D eigenvalue weighted by molar-refractivity contribution is -0.136. The van der Waals surface area contributed by atoms with Gasteiger partial charge in [-0.1, -0.05) is 12.1 Å². The molecule has 0 saturated heterocycles. The molecule has 3 N–H and O–H groups in total. The van der Waals surface area contributed by atoms with Crippen molar-refractivity contribution in [3.63, 3.8) is 0 Å². The highest BCUT2D eigenvalue weighted by atomic mass is 32.2. The fraction of sp³-hybridized carbons (Fsp3) is 0.222. The Balaban J connectivity index is 2.89. The van der Waals surface area contributed by atoms with Gasteiger partial charge in [-0.2, -0.15) is 0 Å². The van der Waals surface area contributed by atoms with E-state index in [0.29, 0.717) is 12.0 Å². The number of aliphatic carboxylic acids is 1. The van der Waals surface area contributed by atoms with Crippen LogP contribution in [0.2, 0.25) is 0 Å². The van der Waals surface area contributed by atoms with Gasteiger partial charge >= 0.3 is 5.97 Å². The van der Waals surface area contributed by atoms with Gasteiger partial charge in [0.15, 0.2) is 0 Å². The summed E-state index contributed by atoms with van der Waals surface area (Å²) in [7, 11) is -3.71. The van der Waals surface area contributed by atoms with Gasteiger partial charge in [0.25, 0.3) is 0 Å². The highest BCUT2D eigenvalue weighted by Crippen LogP contribution is 2.11. The van der Waals surface area contributed by atoms with Crippen molar-refractivity contribution in [1.29, 1.82) is 0 Å². The first-order valence-electron chi connectivity index (χ1n) is 4.23. The van der Waals surface area contributed by atoms with E-state index in [-0.39, 0.29) is 11.3 Å². The van der Waals surface area contributed by atoms with Crippen molar-refractivity contribution in [2.24, 2.45) is 5.14 Å². The van der Waals surface area contributed by atoms with Gasteiger partial charge in [0.2, 0.25) is 10.0 Å². The molecule has 5 nitrogen and oxygen atoms in total. The van der Waals surface area contributed by atoms with Crippen molar-refractivity contribution in [2.45, 2.75) is 17.7 Å². The first kappa shape index (κ1) is 11.7. The Morgan fingerprint density at radius 2 is 2.07 bits per heavy atom. The molecule has 0 aromatic heterocycles. The van der Waals surface area contributed by atoms with Crippen LogP contribution >= 0.6 is 0 Å². The van der Waals surface area contributed by atoms with E-state index in [0.717, 1.165) is 0 Å². The number of carboxylic acid groups (broad SMARTS) is 1. The molecule has 1 aromatic carbocycles. The van der Waals surface area contributed by atoms with E-state index in [2.05, 4.69) is 0 Å². The molecule has 82 valence electrons. The number of hydrogen-bond donors (Lipinski definition) is 2. The van der Waals surface area contributed by atoms with Crippen LogP contribution in [0.3, 0.4) is 0 Å². The van der Waals surface area contributed by atoms with Crippen LogP contribution in [0.5, 0.6) is 0 Å². The molecule has 1 aromatic rings. The second-order valence-electron chi connectivity index (χ2n) is 3.09. The summed E-state index contributed by atoms with van der Waals surface area (Å²) in [6.07, 6.45) is 0.257. The predicted octanol–water partition coefficient (Wildman–Crippen LogP) is 0.351. The molecule has 1 rings (SSSR count). The third-order valence-electron chi connectivity index (χ3n) is 1.85. The lowest BCUT2D eigenvalue weighted by Gasteiger charge is -2.01. The summed E-state index contributed by atoms with van der Waals surface area (Å²) in [6.45, 7) is 0. The van der Waals surface area contributed by atoms with Crippen LogP contribution in [0.4, 0.5) is 0 Å². The molecule has 0 unspecified atom stereocenters. The van der Waals surface area contributed by atoms with Crippen LogP contribution in [0.25, 0.3) is 0 Å². The minimum Gasteiger partial charge on any atom is -0.481 e. The van der Waals surface area contributed by atoms with Gasteiger partial charge in [0, 0.05) is 6.42 Å². The van der Waals surface area contributed by atoms with Crippen LogP contribution in [-0.2, 0) is 21.2 Å². The number of aryl methyl sites for hydroxylation is 1. The summed E-state index contributed by atoms with van der Waals surface area (Å²) in [5.74, 6) is -0.920. The third-order valence-corrected chi connectivity index (χ3v) is 2.77. The van der Waals surface area contributed by atoms with Crippen LogP contribution in [0.1, 0.15) is 12.0 Å². The summed E-state index contributed by atoms with van der Waals surface area (Å²) in [6, 6.07) is 5.96. The van der Waals surface area contributed by atoms with Crippen molar-refractivity contribution in [2.75, 3.05) is 0 Å². The van der Waals surface area contributed by atoms with Gasteiger partial charge in [0.1, 0.15) is 0 Å². The highest BCUT2D eigenvalue weighted by Gasteiger charge is 2.08. The fourth-order valence-corrected chi connectivity index (χ4v) is 1.71. The number of hydrogen-bond acceptors (Lipinski definition) is 3. The van der Waals surface area contributed by atoms with Gasteiger partial charge in [-0.3, -0.25) is 4.79 Å². The summed E-state index contributed by atoms with van der Waals surface area (Å²) in [4.78, 5) is 10.3. The van der Waals surface area contributed by atoms with Crippen LogP contribution in [-0.4, -0.2) is 19.5 Å². The van der Waals surface area contributed by atoms with Crippen molar-refractivity contribution in [1.82, 2.24) is 0 Å². The smallest absolute Gasteiger partial charge is 0.303 e. The average molecular weight is 229 g/mol. The Hall–Kier alpha value is -1.40. The quantitative estimate of drug-likeness (QED) is 0.778. The summed E-state index contributed by atoms with van der Waals surface area (Å²) < 4.78 is 22.0.